The van der Waals surface area contributed by atoms with Gasteiger partial charge >= 0.3 is 6.18 Å². The Balaban J connectivity index is 2.31. The minimum atomic E-state index is -4.31. The fraction of sp³-hybridized carbons (Fsp3) is 0.333. The van der Waals surface area contributed by atoms with Crippen LogP contribution < -0.4 is 5.32 Å². The molecule has 0 unspecified atom stereocenters. The van der Waals surface area contributed by atoms with Gasteiger partial charge < -0.3 is 10.4 Å². The number of benzene rings is 1. The van der Waals surface area contributed by atoms with Crippen molar-refractivity contribution in [3.8, 4) is 0 Å². The maximum absolute atomic E-state index is 12.6. The molecule has 2 aromatic rings. The van der Waals surface area contributed by atoms with Gasteiger partial charge in [-0.15, -0.1) is 11.3 Å². The SMILES string of the molecule is OCCNCc1csc2ccc(C(F)(F)F)cc12. The van der Waals surface area contributed by atoms with Crippen LogP contribution in [0.1, 0.15) is 11.1 Å². The summed E-state index contributed by atoms with van der Waals surface area (Å²) in [6.07, 6.45) is -4.31. The van der Waals surface area contributed by atoms with Crippen LogP contribution in [-0.2, 0) is 12.7 Å². The minimum Gasteiger partial charge on any atom is -0.395 e. The van der Waals surface area contributed by atoms with Crippen LogP contribution in [0, 0.1) is 0 Å². The zero-order valence-electron chi connectivity index (χ0n) is 9.42. The molecule has 2 nitrogen and oxygen atoms in total. The molecule has 1 aromatic carbocycles. The quantitative estimate of drug-likeness (QED) is 0.841. The molecule has 18 heavy (non-hydrogen) atoms. The summed E-state index contributed by atoms with van der Waals surface area (Å²) in [4.78, 5) is 0. The molecule has 0 amide bonds. The van der Waals surface area contributed by atoms with Crippen molar-refractivity contribution in [1.29, 1.82) is 0 Å². The van der Waals surface area contributed by atoms with Gasteiger partial charge in [-0.1, -0.05) is 0 Å². The molecule has 0 atom stereocenters. The minimum absolute atomic E-state index is 0.00979. The van der Waals surface area contributed by atoms with E-state index in [1.807, 2.05) is 5.38 Å². The normalized spacial score (nSPS) is 12.2. The molecule has 0 aliphatic rings. The molecule has 0 bridgehead atoms. The summed E-state index contributed by atoms with van der Waals surface area (Å²) in [5, 5.41) is 14.1. The highest BCUT2D eigenvalue weighted by atomic mass is 32.1. The number of hydrogen-bond donors (Lipinski definition) is 2. The van der Waals surface area contributed by atoms with Crippen LogP contribution in [0.5, 0.6) is 0 Å². The molecule has 0 saturated heterocycles. The third-order valence-electron chi connectivity index (χ3n) is 2.59. The van der Waals surface area contributed by atoms with E-state index < -0.39 is 11.7 Å². The van der Waals surface area contributed by atoms with Gasteiger partial charge in [0.05, 0.1) is 12.2 Å². The zero-order chi connectivity index (χ0) is 13.2. The van der Waals surface area contributed by atoms with Gasteiger partial charge in [0.1, 0.15) is 0 Å². The van der Waals surface area contributed by atoms with E-state index in [4.69, 9.17) is 5.11 Å². The first-order valence-electron chi connectivity index (χ1n) is 5.41. The van der Waals surface area contributed by atoms with E-state index in [0.717, 1.165) is 16.3 Å². The Bertz CT molecular complexity index is 536. The predicted octanol–water partition coefficient (Wildman–Crippen LogP) is 3.00. The lowest BCUT2D eigenvalue weighted by molar-refractivity contribution is -0.137. The molecule has 0 spiro atoms. The van der Waals surface area contributed by atoms with E-state index in [9.17, 15) is 13.2 Å². The van der Waals surface area contributed by atoms with Gasteiger partial charge in [0, 0.05) is 17.8 Å². The van der Waals surface area contributed by atoms with Crippen molar-refractivity contribution < 1.29 is 18.3 Å². The third kappa shape index (κ3) is 2.82. The fourth-order valence-electron chi connectivity index (χ4n) is 1.70. The zero-order valence-corrected chi connectivity index (χ0v) is 10.2. The van der Waals surface area contributed by atoms with Crippen molar-refractivity contribution in [3.63, 3.8) is 0 Å². The Morgan fingerprint density at radius 1 is 1.28 bits per heavy atom. The van der Waals surface area contributed by atoms with Crippen LogP contribution >= 0.6 is 11.3 Å². The van der Waals surface area contributed by atoms with Gasteiger partial charge in [-0.3, -0.25) is 0 Å². The summed E-state index contributed by atoms with van der Waals surface area (Å²) in [5.74, 6) is 0. The molecule has 2 N–H and O–H groups in total. The second-order valence-corrected chi connectivity index (χ2v) is 4.78. The highest BCUT2D eigenvalue weighted by Crippen LogP contribution is 2.34. The van der Waals surface area contributed by atoms with Crippen molar-refractivity contribution in [2.45, 2.75) is 12.7 Å². The number of rotatable bonds is 4. The molecule has 1 aromatic heterocycles. The van der Waals surface area contributed by atoms with Gasteiger partial charge in [0.25, 0.3) is 0 Å². The summed E-state index contributed by atoms with van der Waals surface area (Å²) in [7, 11) is 0. The van der Waals surface area contributed by atoms with Gasteiger partial charge in [0.2, 0.25) is 0 Å². The molecule has 2 rings (SSSR count). The van der Waals surface area contributed by atoms with Crippen LogP contribution in [0.3, 0.4) is 0 Å². The molecule has 1 heterocycles. The molecule has 0 aliphatic carbocycles. The standard InChI is InChI=1S/C12H12F3NOS/c13-12(14,15)9-1-2-11-10(5-9)8(7-18-11)6-16-3-4-17/h1-2,5,7,16-17H,3-4,6H2. The molecule has 0 aliphatic heterocycles. The summed E-state index contributed by atoms with van der Waals surface area (Å²) < 4.78 is 38.7. The first kappa shape index (κ1) is 13.3. The van der Waals surface area contributed by atoms with Crippen LogP contribution in [0.15, 0.2) is 23.6 Å². The maximum Gasteiger partial charge on any atom is 0.416 e. The van der Waals surface area contributed by atoms with E-state index in [1.54, 1.807) is 0 Å². The van der Waals surface area contributed by atoms with Crippen LogP contribution in [0.25, 0.3) is 10.1 Å². The van der Waals surface area contributed by atoms with Gasteiger partial charge in [-0.25, -0.2) is 0 Å². The Hall–Kier alpha value is -1.11. The lowest BCUT2D eigenvalue weighted by Crippen LogP contribution is -2.17. The summed E-state index contributed by atoms with van der Waals surface area (Å²) in [5.41, 5.74) is 0.200. The van der Waals surface area contributed by atoms with Crippen LogP contribution in [0.2, 0.25) is 0 Å². The molecule has 98 valence electrons. The summed E-state index contributed by atoms with van der Waals surface area (Å²) in [6.45, 7) is 0.897. The lowest BCUT2D eigenvalue weighted by atomic mass is 10.1. The average Bonchev–Trinajstić information content (AvgIpc) is 2.71. The number of aliphatic hydroxyl groups excluding tert-OH is 1. The Labute approximate surface area is 106 Å². The van der Waals surface area contributed by atoms with Crippen molar-refractivity contribution in [1.82, 2.24) is 5.32 Å². The first-order valence-corrected chi connectivity index (χ1v) is 6.29. The number of thiophene rings is 1. The second kappa shape index (κ2) is 5.26. The molecule has 0 saturated carbocycles. The van der Waals surface area contributed by atoms with Gasteiger partial charge in [-0.2, -0.15) is 13.2 Å². The van der Waals surface area contributed by atoms with Gasteiger partial charge in [-0.05, 0) is 34.5 Å². The molecule has 6 heteroatoms. The summed E-state index contributed by atoms with van der Waals surface area (Å²) in [6, 6.07) is 3.78. The maximum atomic E-state index is 12.6. The monoisotopic (exact) mass is 275 g/mol. The Morgan fingerprint density at radius 3 is 2.72 bits per heavy atom. The largest absolute Gasteiger partial charge is 0.416 e. The Morgan fingerprint density at radius 2 is 2.06 bits per heavy atom. The smallest absolute Gasteiger partial charge is 0.395 e. The topological polar surface area (TPSA) is 32.3 Å². The highest BCUT2D eigenvalue weighted by Gasteiger charge is 2.30. The fourth-order valence-corrected chi connectivity index (χ4v) is 2.64. The van der Waals surface area contributed by atoms with E-state index in [2.05, 4.69) is 5.32 Å². The number of hydrogen-bond acceptors (Lipinski definition) is 3. The van der Waals surface area contributed by atoms with Crippen LogP contribution in [-0.4, -0.2) is 18.3 Å². The number of halogens is 3. The molecular formula is C12H12F3NOS. The first-order chi connectivity index (χ1) is 8.52. The number of alkyl halides is 3. The molecular weight excluding hydrogens is 263 g/mol. The molecule has 0 radical (unpaired) electrons. The summed E-state index contributed by atoms with van der Waals surface area (Å²) >= 11 is 1.42. The number of fused-ring (bicyclic) bond motifs is 1. The second-order valence-electron chi connectivity index (χ2n) is 3.87. The van der Waals surface area contributed by atoms with Crippen LogP contribution in [0.4, 0.5) is 13.2 Å². The number of aliphatic hydroxyl groups is 1. The van der Waals surface area contributed by atoms with E-state index in [-0.39, 0.29) is 6.61 Å². The lowest BCUT2D eigenvalue weighted by Gasteiger charge is -2.07. The van der Waals surface area contributed by atoms with E-state index >= 15 is 0 Å². The van der Waals surface area contributed by atoms with Crippen molar-refractivity contribution in [2.75, 3.05) is 13.2 Å². The van der Waals surface area contributed by atoms with Gasteiger partial charge in [0.15, 0.2) is 0 Å². The van der Waals surface area contributed by atoms with E-state index in [1.165, 1.54) is 23.5 Å². The van der Waals surface area contributed by atoms with Crippen molar-refractivity contribution >= 4 is 21.4 Å². The number of nitrogens with one attached hydrogen (secondary N) is 1. The van der Waals surface area contributed by atoms with E-state index in [0.29, 0.717) is 18.5 Å². The third-order valence-corrected chi connectivity index (χ3v) is 3.60. The molecule has 0 fully saturated rings. The van der Waals surface area contributed by atoms with Crippen molar-refractivity contribution in [2.24, 2.45) is 0 Å². The highest BCUT2D eigenvalue weighted by molar-refractivity contribution is 7.17. The van der Waals surface area contributed by atoms with Crippen molar-refractivity contribution in [3.05, 3.63) is 34.7 Å². The Kier molecular flexibility index (Phi) is 3.89. The predicted molar refractivity (Wildman–Crippen MR) is 65.6 cm³/mol. The average molecular weight is 275 g/mol.